The van der Waals surface area contributed by atoms with Gasteiger partial charge >= 0.3 is 0 Å². The van der Waals surface area contributed by atoms with Crippen LogP contribution in [0.2, 0.25) is 5.02 Å². The summed E-state index contributed by atoms with van der Waals surface area (Å²) in [7, 11) is 0. The van der Waals surface area contributed by atoms with E-state index in [0.29, 0.717) is 16.2 Å². The van der Waals surface area contributed by atoms with Gasteiger partial charge in [-0.25, -0.2) is 0 Å². The van der Waals surface area contributed by atoms with Crippen LogP contribution >= 0.6 is 35.4 Å². The number of nitrogens with one attached hydrogen (secondary N) is 1. The molecule has 3 rings (SSSR count). The van der Waals surface area contributed by atoms with Crippen molar-refractivity contribution in [3.63, 3.8) is 0 Å². The van der Waals surface area contributed by atoms with Crippen molar-refractivity contribution in [1.82, 2.24) is 14.8 Å². The molecule has 112 valence electrons. The molecule has 1 aliphatic rings. The van der Waals surface area contributed by atoms with Crippen LogP contribution in [0.4, 0.5) is 0 Å². The lowest BCUT2D eigenvalue weighted by molar-refractivity contribution is 0.0105. The Morgan fingerprint density at radius 1 is 1.43 bits per heavy atom. The Hall–Kier alpha value is -0.880. The Balaban J connectivity index is 1.93. The van der Waals surface area contributed by atoms with Crippen LogP contribution in [0.3, 0.4) is 0 Å². The molecule has 0 saturated heterocycles. The van der Waals surface area contributed by atoms with E-state index in [9.17, 15) is 5.11 Å². The molecular weight excluding hydrogens is 329 g/mol. The molecular formula is C14H15Cl2N3OS. The monoisotopic (exact) mass is 343 g/mol. The van der Waals surface area contributed by atoms with Crippen molar-refractivity contribution >= 4 is 35.4 Å². The Kier molecular flexibility index (Phi) is 3.86. The topological polar surface area (TPSA) is 53.8 Å². The molecule has 21 heavy (non-hydrogen) atoms. The average molecular weight is 344 g/mol. The molecule has 1 aliphatic carbocycles. The summed E-state index contributed by atoms with van der Waals surface area (Å²) < 4.78 is 2.17. The zero-order chi connectivity index (χ0) is 15.1. The van der Waals surface area contributed by atoms with Gasteiger partial charge in [0, 0.05) is 11.4 Å². The number of H-pyrrole nitrogens is 1. The summed E-state index contributed by atoms with van der Waals surface area (Å²) in [4.78, 5) is -0.627. The predicted octanol–water partition coefficient (Wildman–Crippen LogP) is 3.34. The zero-order valence-corrected chi connectivity index (χ0v) is 13.5. The Labute approximate surface area is 137 Å². The van der Waals surface area contributed by atoms with Crippen LogP contribution in [0.15, 0.2) is 30.6 Å². The van der Waals surface area contributed by atoms with Gasteiger partial charge in [0.15, 0.2) is 4.77 Å². The molecule has 0 spiro atoms. The normalized spacial score (nSPS) is 19.2. The Bertz CT molecular complexity index is 710. The first-order valence-electron chi connectivity index (χ1n) is 6.68. The van der Waals surface area contributed by atoms with E-state index in [2.05, 4.69) is 10.2 Å². The van der Waals surface area contributed by atoms with Gasteiger partial charge in [0.25, 0.3) is 0 Å². The molecule has 1 fully saturated rings. The van der Waals surface area contributed by atoms with E-state index in [1.165, 1.54) is 0 Å². The number of nitrogens with zero attached hydrogens (tertiary/aromatic N) is 2. The lowest BCUT2D eigenvalue weighted by Crippen LogP contribution is -2.47. The summed E-state index contributed by atoms with van der Waals surface area (Å²) in [5.41, 5.74) is -0.245. The van der Waals surface area contributed by atoms with E-state index < -0.39 is 10.5 Å². The quantitative estimate of drug-likeness (QED) is 0.646. The third-order valence-electron chi connectivity index (χ3n) is 4.01. The largest absolute Gasteiger partial charge is 0.386 e. The molecule has 4 nitrogen and oxygen atoms in total. The highest BCUT2D eigenvalue weighted by atomic mass is 35.5. The molecule has 0 radical (unpaired) electrons. The maximum atomic E-state index is 11.2. The van der Waals surface area contributed by atoms with Gasteiger partial charge in [-0.05, 0) is 36.7 Å². The van der Waals surface area contributed by atoms with Gasteiger partial charge in [0.2, 0.25) is 0 Å². The fourth-order valence-electron chi connectivity index (χ4n) is 2.55. The summed E-state index contributed by atoms with van der Waals surface area (Å²) in [5.74, 6) is 0. The number of aromatic nitrogens is 3. The van der Waals surface area contributed by atoms with Crippen LogP contribution in [0.5, 0.6) is 0 Å². The number of aromatic amines is 1. The van der Waals surface area contributed by atoms with E-state index in [4.69, 9.17) is 35.4 Å². The lowest BCUT2D eigenvalue weighted by atomic mass is 9.89. The van der Waals surface area contributed by atoms with Crippen molar-refractivity contribution in [3.05, 3.63) is 45.9 Å². The minimum atomic E-state index is -1.12. The molecule has 1 heterocycles. The molecule has 1 aromatic carbocycles. The second-order valence-electron chi connectivity index (χ2n) is 5.55. The van der Waals surface area contributed by atoms with Crippen molar-refractivity contribution in [2.24, 2.45) is 0 Å². The van der Waals surface area contributed by atoms with Gasteiger partial charge in [-0.2, -0.15) is 5.10 Å². The van der Waals surface area contributed by atoms with Crippen molar-refractivity contribution in [2.75, 3.05) is 0 Å². The van der Waals surface area contributed by atoms with Crippen LogP contribution in [-0.2, 0) is 13.0 Å². The maximum absolute atomic E-state index is 11.2. The number of hydrogen-bond donors (Lipinski definition) is 2. The third kappa shape index (κ3) is 2.88. The number of alkyl halides is 1. The molecule has 1 aromatic heterocycles. The summed E-state index contributed by atoms with van der Waals surface area (Å²) in [5, 5.41) is 18.4. The van der Waals surface area contributed by atoms with Gasteiger partial charge in [0.1, 0.15) is 11.9 Å². The predicted molar refractivity (Wildman–Crippen MR) is 85.3 cm³/mol. The standard InChI is InChI=1S/C14H15Cl2N3OS/c15-11-4-2-1-3-10(11)7-14(20,13(16)5-6-13)8-19-9-17-18-12(19)21/h1-4,9,20H,5-8H2,(H,18,21). The highest BCUT2D eigenvalue weighted by molar-refractivity contribution is 7.71. The highest BCUT2D eigenvalue weighted by Gasteiger charge is 2.58. The van der Waals surface area contributed by atoms with E-state index in [1.807, 2.05) is 24.3 Å². The van der Waals surface area contributed by atoms with Crippen LogP contribution in [-0.4, -0.2) is 30.3 Å². The molecule has 1 saturated carbocycles. The smallest absolute Gasteiger partial charge is 0.195 e. The van der Waals surface area contributed by atoms with Crippen molar-refractivity contribution in [3.8, 4) is 0 Å². The van der Waals surface area contributed by atoms with Crippen LogP contribution in [0.25, 0.3) is 0 Å². The van der Waals surface area contributed by atoms with E-state index in [1.54, 1.807) is 10.9 Å². The Morgan fingerprint density at radius 3 is 2.71 bits per heavy atom. The molecule has 2 aromatic rings. The number of halogens is 2. The van der Waals surface area contributed by atoms with Gasteiger partial charge in [-0.1, -0.05) is 29.8 Å². The fraction of sp³-hybridized carbons (Fsp3) is 0.429. The lowest BCUT2D eigenvalue weighted by Gasteiger charge is -2.33. The van der Waals surface area contributed by atoms with Gasteiger partial charge in [-0.15, -0.1) is 11.6 Å². The molecule has 0 amide bonds. The van der Waals surface area contributed by atoms with Crippen molar-refractivity contribution < 1.29 is 5.11 Å². The maximum Gasteiger partial charge on any atom is 0.195 e. The van der Waals surface area contributed by atoms with Crippen molar-refractivity contribution in [1.29, 1.82) is 0 Å². The molecule has 0 bridgehead atoms. The summed E-state index contributed by atoms with van der Waals surface area (Å²) >= 11 is 17.9. The van der Waals surface area contributed by atoms with Crippen LogP contribution < -0.4 is 0 Å². The minimum absolute atomic E-state index is 0.289. The third-order valence-corrected chi connectivity index (χ3v) is 5.44. The van der Waals surface area contributed by atoms with Gasteiger partial charge in [0.05, 0.1) is 11.4 Å². The summed E-state index contributed by atoms with van der Waals surface area (Å²) in [6.45, 7) is 0.289. The number of hydrogen-bond acceptors (Lipinski definition) is 3. The first-order valence-corrected chi connectivity index (χ1v) is 7.84. The second-order valence-corrected chi connectivity index (χ2v) is 7.07. The molecule has 7 heteroatoms. The Morgan fingerprint density at radius 2 is 2.14 bits per heavy atom. The van der Waals surface area contributed by atoms with Crippen molar-refractivity contribution in [2.45, 2.75) is 36.3 Å². The summed E-state index contributed by atoms with van der Waals surface area (Å²) in [6, 6.07) is 7.49. The second kappa shape index (κ2) is 5.39. The molecule has 2 N–H and O–H groups in total. The van der Waals surface area contributed by atoms with Crippen LogP contribution in [0.1, 0.15) is 18.4 Å². The van der Waals surface area contributed by atoms with E-state index in [-0.39, 0.29) is 6.54 Å². The molecule has 0 aliphatic heterocycles. The number of benzene rings is 1. The molecule has 1 atom stereocenters. The SMILES string of the molecule is OC(Cc1ccccc1Cl)(Cn1cn[nH]c1=S)C1(Cl)CC1. The number of aliphatic hydroxyl groups is 1. The van der Waals surface area contributed by atoms with Gasteiger partial charge < -0.3 is 9.67 Å². The number of rotatable bonds is 5. The first-order chi connectivity index (χ1) is 9.94. The van der Waals surface area contributed by atoms with E-state index in [0.717, 1.165) is 18.4 Å². The van der Waals surface area contributed by atoms with E-state index >= 15 is 0 Å². The van der Waals surface area contributed by atoms with Gasteiger partial charge in [-0.3, -0.25) is 5.10 Å². The molecule has 1 unspecified atom stereocenters. The minimum Gasteiger partial charge on any atom is -0.386 e. The highest BCUT2D eigenvalue weighted by Crippen LogP contribution is 2.53. The first kappa shape index (κ1) is 15.0. The van der Waals surface area contributed by atoms with Crippen LogP contribution in [0, 0.1) is 4.77 Å². The zero-order valence-electron chi connectivity index (χ0n) is 11.2. The summed E-state index contributed by atoms with van der Waals surface area (Å²) in [6.07, 6.45) is 3.51. The average Bonchev–Trinajstić information content (AvgIpc) is 3.09. The fourth-order valence-corrected chi connectivity index (χ4v) is 3.14.